The summed E-state index contributed by atoms with van der Waals surface area (Å²) in [7, 11) is 0. The predicted molar refractivity (Wildman–Crippen MR) is 120 cm³/mol. The summed E-state index contributed by atoms with van der Waals surface area (Å²) in [6, 6.07) is 19.9. The molecule has 32 heavy (non-hydrogen) atoms. The number of rotatable bonds is 5. The molecule has 3 aromatic carbocycles. The molecule has 0 spiro atoms. The molecule has 1 atom stereocenters. The molecule has 0 aliphatic carbocycles. The summed E-state index contributed by atoms with van der Waals surface area (Å²) < 4.78 is 25.3. The first-order valence-corrected chi connectivity index (χ1v) is 10.7. The van der Waals surface area contributed by atoms with Crippen molar-refractivity contribution in [1.29, 1.82) is 0 Å². The summed E-state index contributed by atoms with van der Waals surface area (Å²) in [4.78, 5) is 19.3. The van der Waals surface area contributed by atoms with Crippen molar-refractivity contribution < 1.29 is 18.3 Å². The SMILES string of the molecule is Cc1cc(-c2ccc3oc([C@H]4CCCN4C(=O)COc4ccccc4)nc3c2)ccc1F. The molecule has 6 heteroatoms. The Morgan fingerprint density at radius 1 is 1.12 bits per heavy atom. The molecule has 1 amide bonds. The standard InChI is InChI=1S/C26H23FN2O3/c1-17-14-18(9-11-21(17)27)19-10-12-24-22(15-19)28-26(32-24)23-8-5-13-29(23)25(30)16-31-20-6-3-2-4-7-20/h2-4,6-7,9-12,14-15,23H,5,8,13,16H2,1H3/t23-/m1/s1. The van der Waals surface area contributed by atoms with Gasteiger partial charge in [-0.1, -0.05) is 30.3 Å². The van der Waals surface area contributed by atoms with Crippen LogP contribution < -0.4 is 4.74 Å². The normalized spacial score (nSPS) is 15.9. The minimum atomic E-state index is -0.221. The van der Waals surface area contributed by atoms with Crippen LogP contribution in [0.4, 0.5) is 4.39 Å². The molecular formula is C26H23FN2O3. The monoisotopic (exact) mass is 430 g/mol. The zero-order valence-electron chi connectivity index (χ0n) is 17.8. The number of fused-ring (bicyclic) bond motifs is 1. The van der Waals surface area contributed by atoms with Gasteiger partial charge in [-0.15, -0.1) is 0 Å². The molecule has 2 heterocycles. The zero-order valence-corrected chi connectivity index (χ0v) is 17.8. The molecule has 1 aromatic heterocycles. The van der Waals surface area contributed by atoms with Crippen LogP contribution in [0.15, 0.2) is 71.1 Å². The van der Waals surface area contributed by atoms with Gasteiger partial charge >= 0.3 is 0 Å². The van der Waals surface area contributed by atoms with E-state index in [1.165, 1.54) is 6.07 Å². The minimum Gasteiger partial charge on any atom is -0.484 e. The van der Waals surface area contributed by atoms with Crippen LogP contribution >= 0.6 is 0 Å². The van der Waals surface area contributed by atoms with Crippen molar-refractivity contribution in [3.8, 4) is 16.9 Å². The summed E-state index contributed by atoms with van der Waals surface area (Å²) >= 11 is 0. The number of aromatic nitrogens is 1. The van der Waals surface area contributed by atoms with Gasteiger partial charge in [0.1, 0.15) is 23.1 Å². The fourth-order valence-electron chi connectivity index (χ4n) is 4.16. The van der Waals surface area contributed by atoms with E-state index in [0.717, 1.165) is 29.5 Å². The lowest BCUT2D eigenvalue weighted by Crippen LogP contribution is -2.34. The third kappa shape index (κ3) is 3.96. The average Bonchev–Trinajstić information content (AvgIpc) is 3.46. The highest BCUT2D eigenvalue weighted by Crippen LogP contribution is 2.34. The molecule has 1 aliphatic heterocycles. The number of amides is 1. The molecular weight excluding hydrogens is 407 g/mol. The van der Waals surface area contributed by atoms with Crippen LogP contribution in [0.5, 0.6) is 5.75 Å². The van der Waals surface area contributed by atoms with E-state index in [9.17, 15) is 9.18 Å². The molecule has 5 nitrogen and oxygen atoms in total. The third-order valence-corrected chi connectivity index (χ3v) is 5.86. The van der Waals surface area contributed by atoms with E-state index < -0.39 is 0 Å². The number of likely N-dealkylation sites (tertiary alicyclic amines) is 1. The second-order valence-electron chi connectivity index (χ2n) is 8.05. The number of nitrogens with zero attached hydrogens (tertiary/aromatic N) is 2. The van der Waals surface area contributed by atoms with E-state index >= 15 is 0 Å². The van der Waals surface area contributed by atoms with Gasteiger partial charge < -0.3 is 14.1 Å². The highest BCUT2D eigenvalue weighted by molar-refractivity contribution is 5.81. The van der Waals surface area contributed by atoms with E-state index in [4.69, 9.17) is 14.1 Å². The van der Waals surface area contributed by atoms with Crippen LogP contribution in [0, 0.1) is 12.7 Å². The lowest BCUT2D eigenvalue weighted by molar-refractivity contribution is -0.134. The van der Waals surface area contributed by atoms with E-state index in [-0.39, 0.29) is 24.4 Å². The quantitative estimate of drug-likeness (QED) is 0.408. The van der Waals surface area contributed by atoms with Gasteiger partial charge in [-0.3, -0.25) is 4.79 Å². The van der Waals surface area contributed by atoms with E-state index in [1.54, 1.807) is 17.9 Å². The predicted octanol–water partition coefficient (Wildman–Crippen LogP) is 5.68. The van der Waals surface area contributed by atoms with Crippen molar-refractivity contribution in [3.63, 3.8) is 0 Å². The van der Waals surface area contributed by atoms with Crippen LogP contribution in [-0.2, 0) is 4.79 Å². The number of hydrogen-bond acceptors (Lipinski definition) is 4. The van der Waals surface area contributed by atoms with Crippen LogP contribution in [0.3, 0.4) is 0 Å². The average molecular weight is 430 g/mol. The summed E-state index contributed by atoms with van der Waals surface area (Å²) in [5, 5.41) is 0. The summed E-state index contributed by atoms with van der Waals surface area (Å²) in [6.07, 6.45) is 1.69. The van der Waals surface area contributed by atoms with Crippen molar-refractivity contribution in [2.45, 2.75) is 25.8 Å². The molecule has 162 valence electrons. The Bertz CT molecular complexity index is 1270. The van der Waals surface area contributed by atoms with Crippen LogP contribution in [0.1, 0.15) is 30.3 Å². The maximum atomic E-state index is 13.6. The fraction of sp³-hybridized carbons (Fsp3) is 0.231. The minimum absolute atomic E-state index is 0.0190. The Morgan fingerprint density at radius 3 is 2.72 bits per heavy atom. The number of para-hydroxylation sites is 1. The maximum absolute atomic E-state index is 13.6. The lowest BCUT2D eigenvalue weighted by atomic mass is 10.0. The number of benzene rings is 3. The Hall–Kier alpha value is -3.67. The van der Waals surface area contributed by atoms with Gasteiger partial charge in [0.25, 0.3) is 5.91 Å². The largest absolute Gasteiger partial charge is 0.484 e. The summed E-state index contributed by atoms with van der Waals surface area (Å²) in [5.41, 5.74) is 3.85. The van der Waals surface area contributed by atoms with Gasteiger partial charge in [0, 0.05) is 6.54 Å². The molecule has 0 N–H and O–H groups in total. The maximum Gasteiger partial charge on any atom is 0.261 e. The molecule has 0 unspecified atom stereocenters. The number of ether oxygens (including phenoxy) is 1. The molecule has 1 fully saturated rings. The van der Waals surface area contributed by atoms with Gasteiger partial charge in [-0.05, 0) is 72.9 Å². The highest BCUT2D eigenvalue weighted by Gasteiger charge is 2.33. The second kappa shape index (κ2) is 8.46. The van der Waals surface area contributed by atoms with Crippen molar-refractivity contribution in [1.82, 2.24) is 9.88 Å². The molecule has 0 saturated carbocycles. The summed E-state index contributed by atoms with van der Waals surface area (Å²) in [5.74, 6) is 0.905. The van der Waals surface area contributed by atoms with Gasteiger partial charge in [-0.25, -0.2) is 9.37 Å². The van der Waals surface area contributed by atoms with Crippen molar-refractivity contribution in [2.75, 3.05) is 13.2 Å². The highest BCUT2D eigenvalue weighted by atomic mass is 19.1. The first kappa shape index (κ1) is 20.2. The molecule has 1 saturated heterocycles. The molecule has 1 aliphatic rings. The van der Waals surface area contributed by atoms with E-state index in [1.807, 2.05) is 54.6 Å². The van der Waals surface area contributed by atoms with Crippen LogP contribution in [-0.4, -0.2) is 28.9 Å². The Kier molecular flexibility index (Phi) is 5.35. The first-order valence-electron chi connectivity index (χ1n) is 10.7. The Balaban J connectivity index is 1.36. The van der Waals surface area contributed by atoms with Gasteiger partial charge in [0.15, 0.2) is 12.2 Å². The number of oxazole rings is 1. The first-order chi connectivity index (χ1) is 15.6. The third-order valence-electron chi connectivity index (χ3n) is 5.86. The second-order valence-corrected chi connectivity index (χ2v) is 8.05. The molecule has 5 rings (SSSR count). The van der Waals surface area contributed by atoms with Crippen molar-refractivity contribution in [3.05, 3.63) is 84.0 Å². The zero-order chi connectivity index (χ0) is 22.1. The number of carbonyl (C=O) groups excluding carboxylic acids is 1. The smallest absolute Gasteiger partial charge is 0.261 e. The van der Waals surface area contributed by atoms with Crippen molar-refractivity contribution in [2.24, 2.45) is 0 Å². The van der Waals surface area contributed by atoms with Crippen LogP contribution in [0.2, 0.25) is 0 Å². The van der Waals surface area contributed by atoms with Crippen molar-refractivity contribution >= 4 is 17.0 Å². The fourth-order valence-corrected chi connectivity index (χ4v) is 4.16. The molecule has 4 aromatic rings. The lowest BCUT2D eigenvalue weighted by Gasteiger charge is -2.22. The van der Waals surface area contributed by atoms with Gasteiger partial charge in [0.05, 0.1) is 0 Å². The number of hydrogen-bond donors (Lipinski definition) is 0. The Morgan fingerprint density at radius 2 is 1.91 bits per heavy atom. The molecule has 0 bridgehead atoms. The number of aryl methyl sites for hydroxylation is 1. The van der Waals surface area contributed by atoms with Gasteiger partial charge in [-0.2, -0.15) is 0 Å². The summed E-state index contributed by atoms with van der Waals surface area (Å²) in [6.45, 7) is 2.38. The van der Waals surface area contributed by atoms with E-state index in [2.05, 4.69) is 0 Å². The molecule has 0 radical (unpaired) electrons. The topological polar surface area (TPSA) is 55.6 Å². The number of carbonyl (C=O) groups is 1. The number of halogens is 1. The van der Waals surface area contributed by atoms with E-state index in [0.29, 0.717) is 29.3 Å². The van der Waals surface area contributed by atoms with Crippen LogP contribution in [0.25, 0.3) is 22.2 Å². The van der Waals surface area contributed by atoms with Gasteiger partial charge in [0.2, 0.25) is 5.89 Å². The Labute approximate surface area is 185 Å².